The molecule has 0 spiro atoms. The van der Waals surface area contributed by atoms with Gasteiger partial charge in [0, 0.05) is 0 Å². The average molecular weight is 334 g/mol. The predicted molar refractivity (Wildman–Crippen MR) is 62.9 cm³/mol. The van der Waals surface area contributed by atoms with Crippen LogP contribution in [0.5, 0.6) is 5.75 Å². The molecule has 1 aromatic carbocycles. The Kier molecular flexibility index (Phi) is 12.8. The molecule has 1 aromatic rings. The fraction of sp³-hybridized carbons (Fsp3) is 0.500. The third-order valence-electron chi connectivity index (χ3n) is 2.52. The summed E-state index contributed by atoms with van der Waals surface area (Å²) in [5, 5.41) is 0. The van der Waals surface area contributed by atoms with Crippen molar-refractivity contribution in [1.29, 1.82) is 0 Å². The number of para-hydroxylation sites is 1. The summed E-state index contributed by atoms with van der Waals surface area (Å²) >= 11 is 0. The minimum absolute atomic E-state index is 0. The van der Waals surface area contributed by atoms with Gasteiger partial charge in [-0.3, -0.25) is 0 Å². The zero-order valence-electron chi connectivity index (χ0n) is 12.5. The van der Waals surface area contributed by atoms with Crippen LogP contribution in [0.1, 0.15) is 50.7 Å². The molecule has 0 aliphatic heterocycles. The van der Waals surface area contributed by atoms with Gasteiger partial charge in [0.05, 0.1) is 0 Å². The van der Waals surface area contributed by atoms with E-state index >= 15 is 0 Å². The van der Waals surface area contributed by atoms with Crippen molar-refractivity contribution < 1.29 is 122 Å². The summed E-state index contributed by atoms with van der Waals surface area (Å²) in [6.45, 7) is 7.69. The van der Waals surface area contributed by atoms with Crippen LogP contribution in [-0.2, 0) is 4.57 Å². The van der Waals surface area contributed by atoms with Gasteiger partial charge >= 0.3 is 103 Å². The van der Waals surface area contributed by atoms with Gasteiger partial charge in [-0.1, -0.05) is 45.9 Å². The zero-order valence-corrected chi connectivity index (χ0v) is 19.6. The number of rotatable bonds is 4. The van der Waals surface area contributed by atoms with E-state index in [1.165, 1.54) is 0 Å². The Morgan fingerprint density at radius 1 is 1.00 bits per heavy atom. The molecule has 0 aliphatic carbocycles. The number of hydrogen-bond donors (Lipinski definition) is 0. The molecule has 7 heteroatoms. The van der Waals surface area contributed by atoms with Crippen LogP contribution < -0.4 is 117 Å². The first-order valence-electron chi connectivity index (χ1n) is 5.57. The van der Waals surface area contributed by atoms with Gasteiger partial charge in [-0.25, -0.2) is 0 Å². The van der Waals surface area contributed by atoms with Crippen molar-refractivity contribution in [2.75, 3.05) is 0 Å². The molecule has 0 radical (unpaired) electrons. The number of phosphoric ester groups is 1. The third-order valence-corrected chi connectivity index (χ3v) is 2.93. The Morgan fingerprint density at radius 2 is 1.37 bits per heavy atom. The van der Waals surface area contributed by atoms with Gasteiger partial charge < -0.3 is 18.9 Å². The van der Waals surface area contributed by atoms with Gasteiger partial charge in [0.15, 0.2) is 0 Å². The van der Waals surface area contributed by atoms with Crippen molar-refractivity contribution in [2.24, 2.45) is 0 Å². The first-order valence-corrected chi connectivity index (χ1v) is 7.03. The number of phosphoric acid groups is 1. The summed E-state index contributed by atoms with van der Waals surface area (Å²) in [5.74, 6) is 0.385. The van der Waals surface area contributed by atoms with E-state index in [0.717, 1.165) is 11.1 Å². The maximum Gasteiger partial charge on any atom is 1.00 e. The van der Waals surface area contributed by atoms with E-state index in [4.69, 9.17) is 0 Å². The first kappa shape index (κ1) is 23.7. The monoisotopic (exact) mass is 334 g/mol. The molecule has 1 rings (SSSR count). The van der Waals surface area contributed by atoms with Gasteiger partial charge in [0.2, 0.25) is 0 Å². The second-order valence-electron chi connectivity index (χ2n) is 4.61. The van der Waals surface area contributed by atoms with Crippen LogP contribution in [-0.4, -0.2) is 0 Å². The van der Waals surface area contributed by atoms with Crippen molar-refractivity contribution in [3.05, 3.63) is 29.3 Å². The molecule has 4 nitrogen and oxygen atoms in total. The molecule has 0 heterocycles. The number of hydrogen-bond acceptors (Lipinski definition) is 4. The topological polar surface area (TPSA) is 72.4 Å². The standard InChI is InChI=1S/C12H19O4P.2K/c1-8(2)10-6-5-7-11(9(3)4)12(10)16-17(13,14)15;;/h5-9H,1-4H3,(H2,13,14,15);;/q;2*+1/p-2. The van der Waals surface area contributed by atoms with Gasteiger partial charge in [-0.2, -0.15) is 0 Å². The molecule has 96 valence electrons. The smallest absolute Gasteiger partial charge is 0.780 e. The summed E-state index contributed by atoms with van der Waals surface area (Å²) in [5.41, 5.74) is 1.48. The van der Waals surface area contributed by atoms with Gasteiger partial charge in [-0.05, 0) is 23.0 Å². The Balaban J connectivity index is 0. The van der Waals surface area contributed by atoms with E-state index in [1.54, 1.807) is 12.1 Å². The summed E-state index contributed by atoms with van der Waals surface area (Å²) < 4.78 is 15.4. The summed E-state index contributed by atoms with van der Waals surface area (Å²) in [7, 11) is -5.02. The molecule has 0 atom stereocenters. The fourth-order valence-electron chi connectivity index (χ4n) is 1.70. The van der Waals surface area contributed by atoms with E-state index in [1.807, 2.05) is 33.8 Å². The van der Waals surface area contributed by atoms with Crippen LogP contribution in [0.25, 0.3) is 0 Å². The van der Waals surface area contributed by atoms with E-state index < -0.39 is 7.82 Å². The van der Waals surface area contributed by atoms with Gasteiger partial charge in [0.25, 0.3) is 0 Å². The predicted octanol–water partition coefficient (Wildman–Crippen LogP) is -3.85. The Hall–Kier alpha value is 2.44. The van der Waals surface area contributed by atoms with E-state index in [9.17, 15) is 14.4 Å². The molecule has 0 bridgehead atoms. The molecule has 0 saturated heterocycles. The van der Waals surface area contributed by atoms with E-state index in [-0.39, 0.29) is 120 Å². The average Bonchev–Trinajstić information content (AvgIpc) is 2.14. The molecule has 0 aliphatic rings. The molecular formula is C12H17K2O4P. The van der Waals surface area contributed by atoms with Crippen LogP contribution in [0.2, 0.25) is 0 Å². The van der Waals surface area contributed by atoms with Gasteiger partial charge in [0.1, 0.15) is 13.6 Å². The van der Waals surface area contributed by atoms with Crippen molar-refractivity contribution in [3.8, 4) is 5.75 Å². The molecule has 0 fully saturated rings. The van der Waals surface area contributed by atoms with Crippen molar-refractivity contribution >= 4 is 7.82 Å². The van der Waals surface area contributed by atoms with Crippen LogP contribution in [0.15, 0.2) is 18.2 Å². The minimum atomic E-state index is -5.02. The van der Waals surface area contributed by atoms with Crippen molar-refractivity contribution in [1.82, 2.24) is 0 Å². The van der Waals surface area contributed by atoms with Crippen molar-refractivity contribution in [3.63, 3.8) is 0 Å². The fourth-order valence-corrected chi connectivity index (χ4v) is 2.13. The van der Waals surface area contributed by atoms with Crippen LogP contribution in [0, 0.1) is 0 Å². The molecule has 19 heavy (non-hydrogen) atoms. The Morgan fingerprint density at radius 3 is 1.63 bits per heavy atom. The molecule has 0 aromatic heterocycles. The normalized spacial score (nSPS) is 10.9. The summed E-state index contributed by atoms with van der Waals surface area (Å²) in [4.78, 5) is 21.6. The van der Waals surface area contributed by atoms with E-state index in [0.29, 0.717) is 0 Å². The second kappa shape index (κ2) is 10.3. The first-order chi connectivity index (χ1) is 7.72. The minimum Gasteiger partial charge on any atom is -0.780 e. The van der Waals surface area contributed by atoms with Crippen molar-refractivity contribution in [2.45, 2.75) is 39.5 Å². The molecular weight excluding hydrogens is 317 g/mol. The SMILES string of the molecule is CC(C)c1cccc(C(C)C)c1OP(=O)([O-])[O-].[K+].[K+]. The maximum atomic E-state index is 10.8. The summed E-state index contributed by atoms with van der Waals surface area (Å²) in [6, 6.07) is 5.40. The summed E-state index contributed by atoms with van der Waals surface area (Å²) in [6.07, 6.45) is 0. The van der Waals surface area contributed by atoms with E-state index in [2.05, 4.69) is 4.52 Å². The molecule has 0 N–H and O–H groups in total. The Labute approximate surface area is 200 Å². The molecule has 0 amide bonds. The van der Waals surface area contributed by atoms with Crippen LogP contribution in [0.4, 0.5) is 0 Å². The Bertz CT molecular complexity index is 417. The van der Waals surface area contributed by atoms with Crippen LogP contribution >= 0.6 is 7.82 Å². The second-order valence-corrected chi connectivity index (χ2v) is 5.69. The molecule has 0 unspecified atom stereocenters. The number of benzene rings is 1. The molecule has 0 saturated carbocycles. The zero-order chi connectivity index (χ0) is 13.2. The van der Waals surface area contributed by atoms with Gasteiger partial charge in [-0.15, -0.1) is 0 Å². The quantitative estimate of drug-likeness (QED) is 0.418. The third kappa shape index (κ3) is 8.02. The van der Waals surface area contributed by atoms with Crippen LogP contribution in [0.3, 0.4) is 0 Å². The largest absolute Gasteiger partial charge is 1.00 e. The maximum absolute atomic E-state index is 10.8.